The highest BCUT2D eigenvalue weighted by Crippen LogP contribution is 2.33. The van der Waals surface area contributed by atoms with E-state index in [4.69, 9.17) is 9.47 Å². The molecule has 0 saturated heterocycles. The summed E-state index contributed by atoms with van der Waals surface area (Å²) in [6, 6.07) is 3.71. The van der Waals surface area contributed by atoms with Crippen molar-refractivity contribution in [2.24, 2.45) is 5.92 Å². The number of nitrogens with zero attached hydrogens (tertiary/aromatic N) is 1. The summed E-state index contributed by atoms with van der Waals surface area (Å²) in [5.41, 5.74) is 0. The van der Waals surface area contributed by atoms with Crippen molar-refractivity contribution in [2.75, 3.05) is 20.7 Å². The first kappa shape index (κ1) is 11.2. The van der Waals surface area contributed by atoms with E-state index in [9.17, 15) is 0 Å². The molecule has 1 saturated carbocycles. The first-order valence-corrected chi connectivity index (χ1v) is 5.63. The SMILES string of the molecule is CNCC1CC(Oc2ncccc2OC)C1. The van der Waals surface area contributed by atoms with E-state index in [1.54, 1.807) is 13.3 Å². The van der Waals surface area contributed by atoms with Gasteiger partial charge in [-0.25, -0.2) is 4.98 Å². The lowest BCUT2D eigenvalue weighted by atomic mass is 9.82. The third-order valence-electron chi connectivity index (χ3n) is 2.92. The molecule has 1 aliphatic carbocycles. The molecule has 0 unspecified atom stereocenters. The second-order valence-electron chi connectivity index (χ2n) is 4.15. The van der Waals surface area contributed by atoms with Gasteiger partial charge in [-0.3, -0.25) is 0 Å². The van der Waals surface area contributed by atoms with Gasteiger partial charge in [0.05, 0.1) is 7.11 Å². The largest absolute Gasteiger partial charge is 0.491 e. The van der Waals surface area contributed by atoms with Gasteiger partial charge in [-0.1, -0.05) is 0 Å². The standard InChI is InChI=1S/C12H18N2O2/c1-13-8-9-6-10(7-9)16-12-11(15-2)4-3-5-14-12/h3-5,9-10,13H,6-8H2,1-2H3. The minimum atomic E-state index is 0.294. The van der Waals surface area contributed by atoms with Crippen LogP contribution in [0.15, 0.2) is 18.3 Å². The molecule has 1 aromatic rings. The number of pyridine rings is 1. The van der Waals surface area contributed by atoms with E-state index >= 15 is 0 Å². The van der Waals surface area contributed by atoms with Crippen molar-refractivity contribution < 1.29 is 9.47 Å². The van der Waals surface area contributed by atoms with E-state index in [1.165, 1.54) is 0 Å². The molecule has 0 amide bonds. The molecular weight excluding hydrogens is 204 g/mol. The molecule has 1 fully saturated rings. The summed E-state index contributed by atoms with van der Waals surface area (Å²) in [5, 5.41) is 3.18. The maximum absolute atomic E-state index is 5.79. The Morgan fingerprint density at radius 2 is 2.31 bits per heavy atom. The van der Waals surface area contributed by atoms with Gasteiger partial charge >= 0.3 is 0 Å². The molecule has 1 N–H and O–H groups in total. The van der Waals surface area contributed by atoms with E-state index in [-0.39, 0.29) is 0 Å². The second kappa shape index (κ2) is 5.16. The summed E-state index contributed by atoms with van der Waals surface area (Å²) in [7, 11) is 3.62. The van der Waals surface area contributed by atoms with Crippen molar-refractivity contribution in [1.29, 1.82) is 0 Å². The summed E-state index contributed by atoms with van der Waals surface area (Å²) in [6.07, 6.45) is 4.21. The van der Waals surface area contributed by atoms with Gasteiger partial charge in [0.1, 0.15) is 6.10 Å². The van der Waals surface area contributed by atoms with Gasteiger partial charge in [-0.15, -0.1) is 0 Å². The molecule has 4 nitrogen and oxygen atoms in total. The normalized spacial score (nSPS) is 23.6. The number of nitrogens with one attached hydrogen (secondary N) is 1. The molecule has 1 aliphatic rings. The van der Waals surface area contributed by atoms with Crippen molar-refractivity contribution in [3.05, 3.63) is 18.3 Å². The minimum Gasteiger partial charge on any atom is -0.491 e. The van der Waals surface area contributed by atoms with Crippen LogP contribution in [0.4, 0.5) is 0 Å². The molecule has 0 spiro atoms. The highest BCUT2D eigenvalue weighted by Gasteiger charge is 2.31. The zero-order valence-electron chi connectivity index (χ0n) is 9.77. The second-order valence-corrected chi connectivity index (χ2v) is 4.15. The molecule has 0 radical (unpaired) electrons. The van der Waals surface area contributed by atoms with E-state index in [1.807, 2.05) is 19.2 Å². The Kier molecular flexibility index (Phi) is 3.62. The lowest BCUT2D eigenvalue weighted by Crippen LogP contribution is -2.38. The molecular formula is C12H18N2O2. The van der Waals surface area contributed by atoms with Gasteiger partial charge in [0, 0.05) is 6.20 Å². The summed E-state index contributed by atoms with van der Waals surface area (Å²) in [5.74, 6) is 2.06. The number of methoxy groups -OCH3 is 1. The minimum absolute atomic E-state index is 0.294. The average molecular weight is 222 g/mol. The summed E-state index contributed by atoms with van der Waals surface area (Å²) in [4.78, 5) is 4.18. The summed E-state index contributed by atoms with van der Waals surface area (Å²) in [6.45, 7) is 1.07. The van der Waals surface area contributed by atoms with Gasteiger partial charge in [0.2, 0.25) is 0 Å². The van der Waals surface area contributed by atoms with Crippen molar-refractivity contribution in [1.82, 2.24) is 10.3 Å². The molecule has 88 valence electrons. The van der Waals surface area contributed by atoms with E-state index in [0.717, 1.165) is 25.3 Å². The number of aromatic nitrogens is 1. The van der Waals surface area contributed by atoms with Gasteiger partial charge in [0.15, 0.2) is 5.75 Å². The molecule has 0 aromatic carbocycles. The zero-order valence-corrected chi connectivity index (χ0v) is 9.77. The first-order valence-electron chi connectivity index (χ1n) is 5.63. The fourth-order valence-electron chi connectivity index (χ4n) is 2.00. The molecule has 0 aliphatic heterocycles. The van der Waals surface area contributed by atoms with Gasteiger partial charge in [0.25, 0.3) is 5.88 Å². The van der Waals surface area contributed by atoms with Crippen LogP contribution in [0.2, 0.25) is 0 Å². The van der Waals surface area contributed by atoms with Crippen molar-refractivity contribution >= 4 is 0 Å². The molecule has 0 atom stereocenters. The van der Waals surface area contributed by atoms with Crippen LogP contribution < -0.4 is 14.8 Å². The first-order chi connectivity index (χ1) is 7.83. The maximum Gasteiger partial charge on any atom is 0.257 e. The number of ether oxygens (including phenoxy) is 2. The Labute approximate surface area is 96.0 Å². The van der Waals surface area contributed by atoms with Crippen LogP contribution in [0.25, 0.3) is 0 Å². The van der Waals surface area contributed by atoms with Crippen LogP contribution in [-0.4, -0.2) is 31.8 Å². The van der Waals surface area contributed by atoms with Crippen molar-refractivity contribution in [2.45, 2.75) is 18.9 Å². The molecule has 4 heteroatoms. The Morgan fingerprint density at radius 3 is 3.00 bits per heavy atom. The lowest BCUT2D eigenvalue weighted by Gasteiger charge is -2.35. The third-order valence-corrected chi connectivity index (χ3v) is 2.92. The lowest BCUT2D eigenvalue weighted by molar-refractivity contribution is 0.0590. The smallest absolute Gasteiger partial charge is 0.257 e. The monoisotopic (exact) mass is 222 g/mol. The summed E-state index contributed by atoms with van der Waals surface area (Å²) >= 11 is 0. The predicted octanol–water partition coefficient (Wildman–Crippen LogP) is 1.47. The Balaban J connectivity index is 1.86. The van der Waals surface area contributed by atoms with Crippen molar-refractivity contribution in [3.8, 4) is 11.6 Å². The van der Waals surface area contributed by atoms with E-state index in [2.05, 4.69) is 10.3 Å². The number of rotatable bonds is 5. The predicted molar refractivity (Wildman–Crippen MR) is 61.9 cm³/mol. The third kappa shape index (κ3) is 2.44. The van der Waals surface area contributed by atoms with E-state index < -0.39 is 0 Å². The van der Waals surface area contributed by atoms with Crippen LogP contribution in [0, 0.1) is 5.92 Å². The van der Waals surface area contributed by atoms with Crippen LogP contribution in [0.5, 0.6) is 11.6 Å². The Morgan fingerprint density at radius 1 is 1.50 bits per heavy atom. The van der Waals surface area contributed by atoms with Crippen LogP contribution >= 0.6 is 0 Å². The fourth-order valence-corrected chi connectivity index (χ4v) is 2.00. The maximum atomic E-state index is 5.79. The number of hydrogen-bond acceptors (Lipinski definition) is 4. The topological polar surface area (TPSA) is 43.4 Å². The highest BCUT2D eigenvalue weighted by atomic mass is 16.5. The number of hydrogen-bond donors (Lipinski definition) is 1. The highest BCUT2D eigenvalue weighted by molar-refractivity contribution is 5.32. The summed E-state index contributed by atoms with van der Waals surface area (Å²) < 4.78 is 11.0. The molecule has 0 bridgehead atoms. The average Bonchev–Trinajstić information content (AvgIpc) is 2.27. The van der Waals surface area contributed by atoms with Crippen molar-refractivity contribution in [3.63, 3.8) is 0 Å². The van der Waals surface area contributed by atoms with Crippen LogP contribution in [-0.2, 0) is 0 Å². The quantitative estimate of drug-likeness (QED) is 0.819. The van der Waals surface area contributed by atoms with Crippen LogP contribution in [0.1, 0.15) is 12.8 Å². The molecule has 16 heavy (non-hydrogen) atoms. The van der Waals surface area contributed by atoms with E-state index in [0.29, 0.717) is 17.7 Å². The Bertz CT molecular complexity index is 338. The Hall–Kier alpha value is -1.29. The molecule has 1 aromatic heterocycles. The molecule has 1 heterocycles. The van der Waals surface area contributed by atoms with Gasteiger partial charge < -0.3 is 14.8 Å². The fraction of sp³-hybridized carbons (Fsp3) is 0.583. The van der Waals surface area contributed by atoms with Gasteiger partial charge in [-0.05, 0) is 44.5 Å². The zero-order chi connectivity index (χ0) is 11.4. The molecule has 2 rings (SSSR count). The van der Waals surface area contributed by atoms with Gasteiger partial charge in [-0.2, -0.15) is 0 Å². The van der Waals surface area contributed by atoms with Crippen LogP contribution in [0.3, 0.4) is 0 Å².